The first-order chi connectivity index (χ1) is 7.60. The fourth-order valence-corrected chi connectivity index (χ4v) is 1.70. The molecule has 1 amide bonds. The molecule has 0 fully saturated rings. The molecule has 0 aliphatic rings. The number of amides is 1. The van der Waals surface area contributed by atoms with E-state index in [0.29, 0.717) is 18.7 Å². The summed E-state index contributed by atoms with van der Waals surface area (Å²) in [5.74, 6) is 0.429. The van der Waals surface area contributed by atoms with Gasteiger partial charge in [0.1, 0.15) is 0 Å². The molecule has 0 rings (SSSR count). The minimum absolute atomic E-state index is 0.00112. The van der Waals surface area contributed by atoms with Gasteiger partial charge in [-0.15, -0.1) is 0 Å². The average Bonchev–Trinajstić information content (AvgIpc) is 2.24. The van der Waals surface area contributed by atoms with Gasteiger partial charge in [-0.3, -0.25) is 14.0 Å². The van der Waals surface area contributed by atoms with Crippen LogP contribution in [0.15, 0.2) is 0 Å². The van der Waals surface area contributed by atoms with Gasteiger partial charge in [0, 0.05) is 31.6 Å². The molecule has 0 aliphatic heterocycles. The number of aliphatic hydroxyl groups is 1. The summed E-state index contributed by atoms with van der Waals surface area (Å²) in [5, 5.41) is 11.6. The molecule has 0 unspecified atom stereocenters. The molecule has 0 spiro atoms. The van der Waals surface area contributed by atoms with Crippen LogP contribution in [0, 0.1) is 0 Å². The van der Waals surface area contributed by atoms with Gasteiger partial charge in [0.2, 0.25) is 5.91 Å². The van der Waals surface area contributed by atoms with E-state index in [1.54, 1.807) is 6.92 Å². The molecule has 4 nitrogen and oxygen atoms in total. The van der Waals surface area contributed by atoms with Crippen LogP contribution >= 0.6 is 11.8 Å². The van der Waals surface area contributed by atoms with Gasteiger partial charge >= 0.3 is 0 Å². The number of rotatable bonds is 8. The second-order valence-corrected chi connectivity index (χ2v) is 4.41. The molecule has 0 saturated heterocycles. The Morgan fingerprint density at radius 3 is 2.75 bits per heavy atom. The van der Waals surface area contributed by atoms with Gasteiger partial charge in [0.05, 0.1) is 12.8 Å². The molecule has 1 atom stereocenters. The zero-order chi connectivity index (χ0) is 12.4. The lowest BCUT2D eigenvalue weighted by molar-refractivity contribution is -0.120. The van der Waals surface area contributed by atoms with Crippen molar-refractivity contribution in [3.63, 3.8) is 0 Å². The number of thioether (sulfide) groups is 1. The zero-order valence-corrected chi connectivity index (χ0v) is 10.2. The normalized spacial score (nSPS) is 12.2. The van der Waals surface area contributed by atoms with Crippen molar-refractivity contribution < 1.29 is 19.1 Å². The molecule has 0 aromatic heterocycles. The Hall–Kier alpha value is -0.620. The standard InChI is InChI=1S/C10H18FNO3S/c1-2-9(14)12-5-6-16-10(15)7-8(13)3-4-11/h8,13H,2-7H2,1H3,(H,12,14)/t8-/m0/s1. The summed E-state index contributed by atoms with van der Waals surface area (Å²) < 4.78 is 11.8. The van der Waals surface area contributed by atoms with Crippen molar-refractivity contribution in [3.8, 4) is 0 Å². The van der Waals surface area contributed by atoms with Crippen molar-refractivity contribution in [2.75, 3.05) is 19.0 Å². The fourth-order valence-electron chi connectivity index (χ4n) is 0.960. The van der Waals surface area contributed by atoms with E-state index in [4.69, 9.17) is 5.11 Å². The van der Waals surface area contributed by atoms with Crippen LogP contribution in [-0.4, -0.2) is 41.2 Å². The monoisotopic (exact) mass is 251 g/mol. The first-order valence-corrected chi connectivity index (χ1v) is 6.25. The molecule has 0 radical (unpaired) electrons. The summed E-state index contributed by atoms with van der Waals surface area (Å²) in [4.78, 5) is 22.0. The highest BCUT2D eigenvalue weighted by molar-refractivity contribution is 8.13. The third-order valence-electron chi connectivity index (χ3n) is 1.85. The lowest BCUT2D eigenvalue weighted by atomic mass is 10.2. The van der Waals surface area contributed by atoms with Crippen molar-refractivity contribution in [3.05, 3.63) is 0 Å². The van der Waals surface area contributed by atoms with Crippen molar-refractivity contribution in [2.45, 2.75) is 32.3 Å². The van der Waals surface area contributed by atoms with Crippen LogP contribution in [0.1, 0.15) is 26.2 Å². The Morgan fingerprint density at radius 2 is 2.19 bits per heavy atom. The van der Waals surface area contributed by atoms with E-state index in [1.807, 2.05) is 0 Å². The first-order valence-electron chi connectivity index (χ1n) is 5.26. The SMILES string of the molecule is CCC(=O)NCCSC(=O)C[C@@H](O)CCF. The van der Waals surface area contributed by atoms with E-state index in [-0.39, 0.29) is 23.9 Å². The number of aliphatic hydroxyl groups excluding tert-OH is 1. The van der Waals surface area contributed by atoms with Crippen LogP contribution in [0.4, 0.5) is 4.39 Å². The van der Waals surface area contributed by atoms with Gasteiger partial charge < -0.3 is 10.4 Å². The van der Waals surface area contributed by atoms with Crippen molar-refractivity contribution in [1.29, 1.82) is 0 Å². The Bertz CT molecular complexity index is 226. The summed E-state index contributed by atoms with van der Waals surface area (Å²) in [6.07, 6.45) is -0.501. The topological polar surface area (TPSA) is 66.4 Å². The summed E-state index contributed by atoms with van der Waals surface area (Å²) in [7, 11) is 0. The van der Waals surface area contributed by atoms with Gasteiger partial charge in [0.15, 0.2) is 5.12 Å². The molecule has 0 saturated carbocycles. The molecule has 0 bridgehead atoms. The van der Waals surface area contributed by atoms with Crippen LogP contribution < -0.4 is 5.32 Å². The molecule has 2 N–H and O–H groups in total. The number of alkyl halides is 1. The van der Waals surface area contributed by atoms with Crippen molar-refractivity contribution in [2.24, 2.45) is 0 Å². The van der Waals surface area contributed by atoms with Crippen LogP contribution in [0.3, 0.4) is 0 Å². The van der Waals surface area contributed by atoms with Gasteiger partial charge in [-0.25, -0.2) is 0 Å². The molecular formula is C10H18FNO3S. The van der Waals surface area contributed by atoms with E-state index in [1.165, 1.54) is 0 Å². The van der Waals surface area contributed by atoms with Crippen LogP contribution in [0.25, 0.3) is 0 Å². The summed E-state index contributed by atoms with van der Waals surface area (Å²) in [6.45, 7) is 1.56. The minimum atomic E-state index is -0.893. The first kappa shape index (κ1) is 15.4. The zero-order valence-electron chi connectivity index (χ0n) is 9.37. The van der Waals surface area contributed by atoms with Gasteiger partial charge in [-0.1, -0.05) is 18.7 Å². The fraction of sp³-hybridized carbons (Fsp3) is 0.800. The number of nitrogens with one attached hydrogen (secondary N) is 1. The minimum Gasteiger partial charge on any atom is -0.393 e. The van der Waals surface area contributed by atoms with E-state index in [0.717, 1.165) is 11.8 Å². The molecule has 94 valence electrons. The third kappa shape index (κ3) is 8.67. The average molecular weight is 251 g/mol. The lowest BCUT2D eigenvalue weighted by Crippen LogP contribution is -2.25. The maximum atomic E-state index is 11.8. The van der Waals surface area contributed by atoms with Crippen molar-refractivity contribution >= 4 is 22.8 Å². The maximum Gasteiger partial charge on any atom is 0.219 e. The Balaban J connectivity index is 3.47. The van der Waals surface area contributed by atoms with Gasteiger partial charge in [0.25, 0.3) is 0 Å². The second kappa shape index (κ2) is 9.59. The molecule has 0 aromatic rings. The van der Waals surface area contributed by atoms with Crippen LogP contribution in [0.5, 0.6) is 0 Å². The second-order valence-electron chi connectivity index (χ2n) is 3.26. The summed E-state index contributed by atoms with van der Waals surface area (Å²) in [6, 6.07) is 0. The quantitative estimate of drug-likeness (QED) is 0.629. The lowest BCUT2D eigenvalue weighted by Gasteiger charge is -2.07. The maximum absolute atomic E-state index is 11.8. The number of hydrogen-bond acceptors (Lipinski definition) is 4. The van der Waals surface area contributed by atoms with E-state index in [2.05, 4.69) is 5.32 Å². The smallest absolute Gasteiger partial charge is 0.219 e. The van der Waals surface area contributed by atoms with Gasteiger partial charge in [-0.2, -0.15) is 0 Å². The molecule has 0 aromatic carbocycles. The predicted octanol–water partition coefficient (Wildman–Crippen LogP) is 0.883. The molecular weight excluding hydrogens is 233 g/mol. The largest absolute Gasteiger partial charge is 0.393 e. The highest BCUT2D eigenvalue weighted by Crippen LogP contribution is 2.09. The Labute approximate surface area is 99.0 Å². The highest BCUT2D eigenvalue weighted by atomic mass is 32.2. The molecule has 0 aliphatic carbocycles. The summed E-state index contributed by atoms with van der Waals surface area (Å²) >= 11 is 1.05. The predicted molar refractivity (Wildman–Crippen MR) is 62.0 cm³/mol. The summed E-state index contributed by atoms with van der Waals surface area (Å²) in [5.41, 5.74) is 0. The van der Waals surface area contributed by atoms with Crippen LogP contribution in [-0.2, 0) is 9.59 Å². The Morgan fingerprint density at radius 1 is 1.50 bits per heavy atom. The molecule has 0 heterocycles. The van der Waals surface area contributed by atoms with E-state index >= 15 is 0 Å². The number of carbonyl (C=O) groups excluding carboxylic acids is 2. The van der Waals surface area contributed by atoms with Crippen molar-refractivity contribution in [1.82, 2.24) is 5.32 Å². The molecule has 6 heteroatoms. The van der Waals surface area contributed by atoms with Gasteiger partial charge in [-0.05, 0) is 0 Å². The number of halogens is 1. The number of hydrogen-bond donors (Lipinski definition) is 2. The third-order valence-corrected chi connectivity index (χ3v) is 2.75. The van der Waals surface area contributed by atoms with E-state index in [9.17, 15) is 14.0 Å². The number of carbonyl (C=O) groups is 2. The Kier molecular flexibility index (Phi) is 9.22. The highest BCUT2D eigenvalue weighted by Gasteiger charge is 2.10. The van der Waals surface area contributed by atoms with E-state index < -0.39 is 12.8 Å². The van der Waals surface area contributed by atoms with Crippen LogP contribution in [0.2, 0.25) is 0 Å². The molecule has 16 heavy (non-hydrogen) atoms.